The average molecular weight is 265 g/mol. The summed E-state index contributed by atoms with van der Waals surface area (Å²) in [7, 11) is 0. The first-order valence-corrected chi connectivity index (χ1v) is 6.88. The molecule has 0 bridgehead atoms. The molecule has 4 heteroatoms. The van der Waals surface area contributed by atoms with Crippen molar-refractivity contribution in [1.82, 2.24) is 5.32 Å². The second-order valence-electron chi connectivity index (χ2n) is 5.76. The van der Waals surface area contributed by atoms with Crippen LogP contribution in [0.4, 0.5) is 4.39 Å². The molecular weight excluding hydrogens is 245 g/mol. The van der Waals surface area contributed by atoms with Gasteiger partial charge in [0, 0.05) is 30.7 Å². The summed E-state index contributed by atoms with van der Waals surface area (Å²) in [5.74, 6) is 0.620. The average Bonchev–Trinajstić information content (AvgIpc) is 2.91. The molecule has 2 heterocycles. The van der Waals surface area contributed by atoms with Crippen molar-refractivity contribution in [2.75, 3.05) is 13.2 Å². The van der Waals surface area contributed by atoms with E-state index in [1.807, 2.05) is 0 Å². The molecule has 1 saturated heterocycles. The van der Waals surface area contributed by atoms with E-state index in [0.29, 0.717) is 0 Å². The molecule has 3 unspecified atom stereocenters. The van der Waals surface area contributed by atoms with E-state index in [-0.39, 0.29) is 23.6 Å². The lowest BCUT2D eigenvalue weighted by Gasteiger charge is -2.30. The van der Waals surface area contributed by atoms with Gasteiger partial charge in [-0.25, -0.2) is 4.39 Å². The molecule has 3 nitrogen and oxygen atoms in total. The van der Waals surface area contributed by atoms with Gasteiger partial charge in [0.25, 0.3) is 0 Å². The fraction of sp³-hybridized carbons (Fsp3) is 0.600. The highest BCUT2D eigenvalue weighted by Crippen LogP contribution is 2.30. The zero-order valence-corrected chi connectivity index (χ0v) is 11.4. The molecule has 1 aromatic carbocycles. The molecule has 19 heavy (non-hydrogen) atoms. The Kier molecular flexibility index (Phi) is 3.23. The van der Waals surface area contributed by atoms with Crippen molar-refractivity contribution in [3.63, 3.8) is 0 Å². The highest BCUT2D eigenvalue weighted by Gasteiger charge is 2.37. The van der Waals surface area contributed by atoms with Crippen molar-refractivity contribution >= 4 is 0 Å². The molecule has 1 fully saturated rings. The summed E-state index contributed by atoms with van der Waals surface area (Å²) in [5, 5.41) is 3.56. The van der Waals surface area contributed by atoms with E-state index >= 15 is 0 Å². The Morgan fingerprint density at radius 3 is 3.05 bits per heavy atom. The minimum Gasteiger partial charge on any atom is -0.488 e. The van der Waals surface area contributed by atoms with E-state index in [2.05, 4.69) is 19.2 Å². The van der Waals surface area contributed by atoms with Crippen LogP contribution in [0.1, 0.15) is 25.8 Å². The van der Waals surface area contributed by atoms with Crippen LogP contribution >= 0.6 is 0 Å². The fourth-order valence-corrected chi connectivity index (χ4v) is 2.82. The molecule has 2 aliphatic heterocycles. The van der Waals surface area contributed by atoms with Gasteiger partial charge in [0.05, 0.1) is 6.10 Å². The predicted octanol–water partition coefficient (Wildman–Crippen LogP) is 2.29. The molecule has 0 amide bonds. The van der Waals surface area contributed by atoms with Gasteiger partial charge in [0.15, 0.2) is 0 Å². The quantitative estimate of drug-likeness (QED) is 0.909. The summed E-state index contributed by atoms with van der Waals surface area (Å²) in [6, 6.07) is 4.73. The second-order valence-corrected chi connectivity index (χ2v) is 5.76. The van der Waals surface area contributed by atoms with E-state index in [0.717, 1.165) is 37.3 Å². The highest BCUT2D eigenvalue weighted by atomic mass is 19.1. The van der Waals surface area contributed by atoms with Crippen LogP contribution in [0.25, 0.3) is 0 Å². The van der Waals surface area contributed by atoms with E-state index in [9.17, 15) is 4.39 Å². The first-order valence-electron chi connectivity index (χ1n) is 6.88. The van der Waals surface area contributed by atoms with E-state index < -0.39 is 0 Å². The summed E-state index contributed by atoms with van der Waals surface area (Å²) in [6.07, 6.45) is 2.09. The number of halogens is 1. The number of hydrogen-bond acceptors (Lipinski definition) is 3. The Morgan fingerprint density at radius 1 is 1.47 bits per heavy atom. The third-order valence-corrected chi connectivity index (χ3v) is 4.38. The lowest BCUT2D eigenvalue weighted by atomic mass is 9.94. The number of nitrogens with one attached hydrogen (secondary N) is 1. The Hall–Kier alpha value is -1.13. The standard InChI is InChI=1S/C15H20FNO2/c1-10-15(2,5-6-18-10)17-9-13-8-11-7-12(16)3-4-14(11)19-13/h3-4,7,10,13,17H,5-6,8-9H2,1-2H3. The molecule has 104 valence electrons. The number of hydrogen-bond donors (Lipinski definition) is 1. The minimum atomic E-state index is -0.194. The van der Waals surface area contributed by atoms with Gasteiger partial charge in [0.2, 0.25) is 0 Å². The van der Waals surface area contributed by atoms with Crippen molar-refractivity contribution in [1.29, 1.82) is 0 Å². The Balaban J connectivity index is 1.59. The molecule has 0 spiro atoms. The zero-order chi connectivity index (χ0) is 13.5. The van der Waals surface area contributed by atoms with Crippen LogP contribution in [0.5, 0.6) is 5.75 Å². The summed E-state index contributed by atoms with van der Waals surface area (Å²) < 4.78 is 24.6. The maximum absolute atomic E-state index is 13.1. The molecule has 1 N–H and O–H groups in total. The number of rotatable bonds is 3. The van der Waals surface area contributed by atoms with Gasteiger partial charge < -0.3 is 14.8 Å². The Morgan fingerprint density at radius 2 is 2.32 bits per heavy atom. The van der Waals surface area contributed by atoms with Crippen molar-refractivity contribution in [2.24, 2.45) is 0 Å². The van der Waals surface area contributed by atoms with Crippen LogP contribution in [0.3, 0.4) is 0 Å². The Labute approximate surface area is 113 Å². The minimum absolute atomic E-state index is 0.0172. The third-order valence-electron chi connectivity index (χ3n) is 4.38. The highest BCUT2D eigenvalue weighted by molar-refractivity contribution is 5.37. The fourth-order valence-electron chi connectivity index (χ4n) is 2.82. The Bertz CT molecular complexity index is 479. The molecule has 0 saturated carbocycles. The largest absolute Gasteiger partial charge is 0.488 e. The number of ether oxygens (including phenoxy) is 2. The van der Waals surface area contributed by atoms with E-state index in [4.69, 9.17) is 9.47 Å². The van der Waals surface area contributed by atoms with Crippen LogP contribution < -0.4 is 10.1 Å². The van der Waals surface area contributed by atoms with Crippen LogP contribution in [-0.4, -0.2) is 30.9 Å². The van der Waals surface area contributed by atoms with E-state index in [1.54, 1.807) is 12.1 Å². The van der Waals surface area contributed by atoms with Crippen molar-refractivity contribution in [3.05, 3.63) is 29.6 Å². The van der Waals surface area contributed by atoms with Crippen LogP contribution in [0, 0.1) is 5.82 Å². The van der Waals surface area contributed by atoms with Gasteiger partial charge in [-0.05, 0) is 38.5 Å². The maximum atomic E-state index is 13.1. The van der Waals surface area contributed by atoms with Crippen LogP contribution in [-0.2, 0) is 11.2 Å². The van der Waals surface area contributed by atoms with Gasteiger partial charge in [-0.1, -0.05) is 0 Å². The first-order chi connectivity index (χ1) is 9.07. The molecule has 0 radical (unpaired) electrons. The lowest BCUT2D eigenvalue weighted by molar-refractivity contribution is 0.0839. The monoisotopic (exact) mass is 265 g/mol. The molecule has 1 aromatic rings. The van der Waals surface area contributed by atoms with Gasteiger partial charge in [-0.2, -0.15) is 0 Å². The summed E-state index contributed by atoms with van der Waals surface area (Å²) >= 11 is 0. The summed E-state index contributed by atoms with van der Waals surface area (Å²) in [5.41, 5.74) is 0.983. The topological polar surface area (TPSA) is 30.5 Å². The van der Waals surface area contributed by atoms with Crippen molar-refractivity contribution in [3.8, 4) is 5.75 Å². The van der Waals surface area contributed by atoms with Crippen LogP contribution in [0.2, 0.25) is 0 Å². The first kappa shape index (κ1) is 12.9. The van der Waals surface area contributed by atoms with Crippen LogP contribution in [0.15, 0.2) is 18.2 Å². The number of fused-ring (bicyclic) bond motifs is 1. The SMILES string of the molecule is CC1OCCC1(C)NCC1Cc2cc(F)ccc2O1. The molecule has 0 aromatic heterocycles. The van der Waals surface area contributed by atoms with Crippen molar-refractivity contribution < 1.29 is 13.9 Å². The second kappa shape index (κ2) is 4.76. The lowest BCUT2D eigenvalue weighted by Crippen LogP contribution is -2.50. The third kappa shape index (κ3) is 2.47. The molecule has 2 aliphatic rings. The van der Waals surface area contributed by atoms with Gasteiger partial charge in [0.1, 0.15) is 17.7 Å². The molecule has 3 rings (SSSR count). The summed E-state index contributed by atoms with van der Waals surface area (Å²) in [6.45, 7) is 5.86. The molecule has 0 aliphatic carbocycles. The molecule has 3 atom stereocenters. The maximum Gasteiger partial charge on any atom is 0.123 e. The number of benzene rings is 1. The van der Waals surface area contributed by atoms with Gasteiger partial charge in [-0.3, -0.25) is 0 Å². The zero-order valence-electron chi connectivity index (χ0n) is 11.4. The van der Waals surface area contributed by atoms with Crippen molar-refractivity contribution in [2.45, 2.75) is 44.4 Å². The normalized spacial score (nSPS) is 33.2. The van der Waals surface area contributed by atoms with E-state index in [1.165, 1.54) is 6.07 Å². The smallest absolute Gasteiger partial charge is 0.123 e. The van der Waals surface area contributed by atoms with Gasteiger partial charge >= 0.3 is 0 Å². The summed E-state index contributed by atoms with van der Waals surface area (Å²) in [4.78, 5) is 0. The van der Waals surface area contributed by atoms with Gasteiger partial charge in [-0.15, -0.1) is 0 Å². The predicted molar refractivity (Wildman–Crippen MR) is 71.0 cm³/mol. The molecular formula is C15H20FNO2.